The number of nitrogens with zero attached hydrogens (tertiary/aromatic N) is 1. The van der Waals surface area contributed by atoms with Crippen LogP contribution in [0.4, 0.5) is 0 Å². The van der Waals surface area contributed by atoms with E-state index in [1.165, 1.54) is 32.4 Å². The van der Waals surface area contributed by atoms with Gasteiger partial charge in [0.25, 0.3) is 0 Å². The average molecular weight is 250 g/mol. The number of likely N-dealkylation sites (tertiary alicyclic amines) is 1. The maximum Gasteiger partial charge on any atom is 0.0589 e. The van der Waals surface area contributed by atoms with Crippen molar-refractivity contribution in [2.45, 2.75) is 19.3 Å². The van der Waals surface area contributed by atoms with E-state index >= 15 is 0 Å². The van der Waals surface area contributed by atoms with Crippen molar-refractivity contribution in [2.24, 2.45) is 5.92 Å². The van der Waals surface area contributed by atoms with Gasteiger partial charge in [0.15, 0.2) is 0 Å². The van der Waals surface area contributed by atoms with Crippen molar-refractivity contribution in [3.63, 3.8) is 0 Å². The Balaban J connectivity index is 2.16. The summed E-state index contributed by atoms with van der Waals surface area (Å²) in [6.07, 6.45) is 4.10. The van der Waals surface area contributed by atoms with Crippen LogP contribution in [0.2, 0.25) is 0 Å². The summed E-state index contributed by atoms with van der Waals surface area (Å²) in [5, 5.41) is 1.15. The lowest BCUT2D eigenvalue weighted by Crippen LogP contribution is -2.37. The highest BCUT2D eigenvalue weighted by atomic mass is 79.9. The van der Waals surface area contributed by atoms with Gasteiger partial charge in [-0.1, -0.05) is 15.9 Å². The number of methoxy groups -OCH3 is 1. The molecule has 0 radical (unpaired) electrons. The zero-order valence-electron chi connectivity index (χ0n) is 8.47. The highest BCUT2D eigenvalue weighted by Crippen LogP contribution is 2.19. The van der Waals surface area contributed by atoms with E-state index in [-0.39, 0.29) is 0 Å². The van der Waals surface area contributed by atoms with Gasteiger partial charge >= 0.3 is 0 Å². The second kappa shape index (κ2) is 6.80. The van der Waals surface area contributed by atoms with Crippen LogP contribution in [-0.4, -0.2) is 43.6 Å². The molecular formula is C10H20BrNO. The molecule has 0 aromatic carbocycles. The average Bonchev–Trinajstić information content (AvgIpc) is 2.16. The molecule has 0 aromatic heterocycles. The third kappa shape index (κ3) is 4.43. The fourth-order valence-electron chi connectivity index (χ4n) is 1.96. The Bertz CT molecular complexity index is 130. The first-order chi connectivity index (χ1) is 6.36. The summed E-state index contributed by atoms with van der Waals surface area (Å²) in [5.74, 6) is 0.907. The summed E-state index contributed by atoms with van der Waals surface area (Å²) in [7, 11) is 1.78. The zero-order chi connectivity index (χ0) is 9.52. The lowest BCUT2D eigenvalue weighted by molar-refractivity contribution is 0.114. The van der Waals surface area contributed by atoms with Crippen molar-refractivity contribution in [1.82, 2.24) is 4.90 Å². The summed E-state index contributed by atoms with van der Waals surface area (Å²) in [5.41, 5.74) is 0. The maximum absolute atomic E-state index is 5.09. The molecule has 0 spiro atoms. The van der Waals surface area contributed by atoms with Crippen LogP contribution in [0, 0.1) is 5.92 Å². The van der Waals surface area contributed by atoms with Crippen LogP contribution in [0.25, 0.3) is 0 Å². The molecule has 1 fully saturated rings. The minimum atomic E-state index is 0.876. The van der Waals surface area contributed by atoms with Crippen molar-refractivity contribution >= 4 is 15.9 Å². The molecule has 1 aliphatic rings. The molecule has 0 aromatic rings. The smallest absolute Gasteiger partial charge is 0.0589 e. The van der Waals surface area contributed by atoms with E-state index in [9.17, 15) is 0 Å². The van der Waals surface area contributed by atoms with Gasteiger partial charge in [-0.25, -0.2) is 0 Å². The minimum absolute atomic E-state index is 0.876. The van der Waals surface area contributed by atoms with E-state index in [2.05, 4.69) is 20.8 Å². The van der Waals surface area contributed by atoms with Crippen molar-refractivity contribution < 1.29 is 4.74 Å². The summed E-state index contributed by atoms with van der Waals surface area (Å²) in [4.78, 5) is 2.53. The molecule has 0 saturated carbocycles. The van der Waals surface area contributed by atoms with Crippen LogP contribution < -0.4 is 0 Å². The van der Waals surface area contributed by atoms with Crippen molar-refractivity contribution in [2.75, 3.05) is 38.7 Å². The largest absolute Gasteiger partial charge is 0.383 e. The Labute approximate surface area is 89.8 Å². The van der Waals surface area contributed by atoms with Crippen LogP contribution in [-0.2, 0) is 4.74 Å². The molecule has 1 atom stereocenters. The number of alkyl halides is 1. The van der Waals surface area contributed by atoms with E-state index < -0.39 is 0 Å². The molecule has 0 amide bonds. The molecule has 1 unspecified atom stereocenters. The molecule has 0 bridgehead atoms. The summed E-state index contributed by atoms with van der Waals surface area (Å²) < 4.78 is 5.09. The Morgan fingerprint density at radius 2 is 2.38 bits per heavy atom. The maximum atomic E-state index is 5.09. The first kappa shape index (κ1) is 11.5. The lowest BCUT2D eigenvalue weighted by atomic mass is 9.96. The predicted molar refractivity (Wildman–Crippen MR) is 59.5 cm³/mol. The summed E-state index contributed by atoms with van der Waals surface area (Å²) in [6.45, 7) is 4.52. The van der Waals surface area contributed by atoms with Gasteiger partial charge in [-0.15, -0.1) is 0 Å². The standard InChI is InChI=1S/C10H20BrNO/c1-13-8-7-12-6-2-3-10(9-12)4-5-11/h10H,2-9H2,1H3. The Hall–Kier alpha value is 0.400. The topological polar surface area (TPSA) is 12.5 Å². The fraction of sp³-hybridized carbons (Fsp3) is 1.00. The van der Waals surface area contributed by atoms with Crippen LogP contribution >= 0.6 is 15.9 Å². The highest BCUT2D eigenvalue weighted by molar-refractivity contribution is 9.09. The number of rotatable bonds is 5. The molecule has 0 N–H and O–H groups in total. The quantitative estimate of drug-likeness (QED) is 0.693. The van der Waals surface area contributed by atoms with Crippen molar-refractivity contribution in [3.8, 4) is 0 Å². The molecular weight excluding hydrogens is 230 g/mol. The van der Waals surface area contributed by atoms with Crippen molar-refractivity contribution in [3.05, 3.63) is 0 Å². The number of hydrogen-bond acceptors (Lipinski definition) is 2. The first-order valence-electron chi connectivity index (χ1n) is 5.14. The molecule has 0 aliphatic carbocycles. The SMILES string of the molecule is COCCN1CCCC(CCBr)C1. The van der Waals surface area contributed by atoms with E-state index in [1.54, 1.807) is 7.11 Å². The van der Waals surface area contributed by atoms with E-state index in [0.717, 1.165) is 24.4 Å². The minimum Gasteiger partial charge on any atom is -0.383 e. The van der Waals surface area contributed by atoms with Gasteiger partial charge in [0.1, 0.15) is 0 Å². The van der Waals surface area contributed by atoms with E-state index in [1.807, 2.05) is 0 Å². The van der Waals surface area contributed by atoms with Gasteiger partial charge < -0.3 is 9.64 Å². The van der Waals surface area contributed by atoms with Gasteiger partial charge in [0.2, 0.25) is 0 Å². The van der Waals surface area contributed by atoms with Crippen LogP contribution in [0.5, 0.6) is 0 Å². The molecule has 1 rings (SSSR count). The Kier molecular flexibility index (Phi) is 6.00. The van der Waals surface area contributed by atoms with Gasteiger partial charge in [-0.2, -0.15) is 0 Å². The van der Waals surface area contributed by atoms with Gasteiger partial charge in [0.05, 0.1) is 6.61 Å². The third-order valence-electron chi connectivity index (χ3n) is 2.73. The monoisotopic (exact) mass is 249 g/mol. The lowest BCUT2D eigenvalue weighted by Gasteiger charge is -2.32. The molecule has 1 aliphatic heterocycles. The first-order valence-corrected chi connectivity index (χ1v) is 6.26. The number of halogens is 1. The molecule has 78 valence electrons. The Morgan fingerprint density at radius 1 is 1.54 bits per heavy atom. The summed E-state index contributed by atoms with van der Waals surface area (Å²) in [6, 6.07) is 0. The van der Waals surface area contributed by atoms with Crippen molar-refractivity contribution in [1.29, 1.82) is 0 Å². The van der Waals surface area contributed by atoms with Crippen LogP contribution in [0.1, 0.15) is 19.3 Å². The molecule has 13 heavy (non-hydrogen) atoms. The number of piperidine rings is 1. The normalized spacial score (nSPS) is 24.9. The predicted octanol–water partition coefficient (Wildman–Crippen LogP) is 2.13. The Morgan fingerprint density at radius 3 is 3.08 bits per heavy atom. The zero-order valence-corrected chi connectivity index (χ0v) is 10.1. The number of hydrogen-bond donors (Lipinski definition) is 0. The van der Waals surface area contributed by atoms with Gasteiger partial charge in [-0.3, -0.25) is 0 Å². The van der Waals surface area contributed by atoms with E-state index in [4.69, 9.17) is 4.74 Å². The van der Waals surface area contributed by atoms with E-state index in [0.29, 0.717) is 0 Å². The molecule has 2 nitrogen and oxygen atoms in total. The summed E-state index contributed by atoms with van der Waals surface area (Å²) >= 11 is 3.51. The van der Waals surface area contributed by atoms with Crippen LogP contribution in [0.3, 0.4) is 0 Å². The van der Waals surface area contributed by atoms with Gasteiger partial charge in [0, 0.05) is 25.5 Å². The molecule has 1 saturated heterocycles. The van der Waals surface area contributed by atoms with Crippen LogP contribution in [0.15, 0.2) is 0 Å². The second-order valence-corrected chi connectivity index (χ2v) is 4.57. The molecule has 3 heteroatoms. The van der Waals surface area contributed by atoms with Gasteiger partial charge in [-0.05, 0) is 31.7 Å². The highest BCUT2D eigenvalue weighted by Gasteiger charge is 2.18. The third-order valence-corrected chi connectivity index (χ3v) is 3.19. The molecule has 1 heterocycles. The second-order valence-electron chi connectivity index (χ2n) is 3.78. The number of ether oxygens (including phenoxy) is 1. The fourth-order valence-corrected chi connectivity index (χ4v) is 2.61.